The van der Waals surface area contributed by atoms with E-state index in [1.54, 1.807) is 6.07 Å². The zero-order chi connectivity index (χ0) is 20.8. The highest BCUT2D eigenvalue weighted by molar-refractivity contribution is 6.43. The fraction of sp³-hybridized carbons (Fsp3) is 0.208. The summed E-state index contributed by atoms with van der Waals surface area (Å²) in [5.41, 5.74) is 2.85. The molecule has 0 bridgehead atoms. The average Bonchev–Trinajstić information content (AvgIpc) is 2.72. The molecule has 3 aromatic carbocycles. The lowest BCUT2D eigenvalue weighted by atomic mass is 9.88. The molecule has 0 spiro atoms. The van der Waals surface area contributed by atoms with Crippen LogP contribution in [-0.2, 0) is 11.2 Å². The van der Waals surface area contributed by atoms with Crippen LogP contribution in [0, 0.1) is 0 Å². The molecule has 2 N–H and O–H groups in total. The Morgan fingerprint density at radius 1 is 0.931 bits per heavy atom. The van der Waals surface area contributed by atoms with Crippen molar-refractivity contribution in [1.29, 1.82) is 0 Å². The van der Waals surface area contributed by atoms with Crippen molar-refractivity contribution in [2.24, 2.45) is 0 Å². The maximum atomic E-state index is 12.8. The third-order valence-electron chi connectivity index (χ3n) is 4.85. The molecular weight excluding hydrogens is 405 g/mol. The summed E-state index contributed by atoms with van der Waals surface area (Å²) in [7, 11) is 0. The average molecular weight is 428 g/mol. The van der Waals surface area contributed by atoms with E-state index in [4.69, 9.17) is 23.2 Å². The van der Waals surface area contributed by atoms with Crippen molar-refractivity contribution in [1.82, 2.24) is 5.32 Å². The highest BCUT2D eigenvalue weighted by Crippen LogP contribution is 2.40. The summed E-state index contributed by atoms with van der Waals surface area (Å²) in [6.07, 6.45) is 0.984. The first-order valence-corrected chi connectivity index (χ1v) is 10.3. The first kappa shape index (κ1) is 21.2. The van der Waals surface area contributed by atoms with Gasteiger partial charge in [-0.25, -0.2) is 0 Å². The molecule has 0 aliphatic rings. The lowest BCUT2D eigenvalue weighted by Crippen LogP contribution is -2.35. The molecule has 0 heterocycles. The molecule has 0 fully saturated rings. The van der Waals surface area contributed by atoms with Crippen molar-refractivity contribution in [3.8, 4) is 5.75 Å². The second-order valence-electron chi connectivity index (χ2n) is 7.13. The van der Waals surface area contributed by atoms with Gasteiger partial charge in [0.2, 0.25) is 5.91 Å². The number of hydrogen-bond donors (Lipinski definition) is 2. The van der Waals surface area contributed by atoms with Crippen LogP contribution in [0.15, 0.2) is 72.8 Å². The summed E-state index contributed by atoms with van der Waals surface area (Å²) in [6.45, 7) is 1.99. The van der Waals surface area contributed by atoms with Gasteiger partial charge in [0.1, 0.15) is 10.8 Å². The lowest BCUT2D eigenvalue weighted by Gasteiger charge is -2.21. The minimum absolute atomic E-state index is 0.000186. The van der Waals surface area contributed by atoms with Gasteiger partial charge in [0.15, 0.2) is 0 Å². The van der Waals surface area contributed by atoms with Crippen LogP contribution in [0.3, 0.4) is 0 Å². The molecule has 5 heteroatoms. The molecule has 150 valence electrons. The van der Waals surface area contributed by atoms with Crippen molar-refractivity contribution in [3.63, 3.8) is 0 Å². The fourth-order valence-electron chi connectivity index (χ4n) is 3.45. The number of halogens is 2. The summed E-state index contributed by atoms with van der Waals surface area (Å²) in [4.78, 5) is 12.8. The second kappa shape index (κ2) is 9.82. The number of carbonyl (C=O) groups excluding carboxylic acids is 1. The van der Waals surface area contributed by atoms with E-state index in [1.807, 2.05) is 67.6 Å². The molecule has 3 nitrogen and oxygen atoms in total. The predicted octanol–water partition coefficient (Wildman–Crippen LogP) is 5.97. The quantitative estimate of drug-likeness (QED) is 0.487. The molecule has 29 heavy (non-hydrogen) atoms. The number of carbonyl (C=O) groups is 1. The largest absolute Gasteiger partial charge is 0.506 e. The van der Waals surface area contributed by atoms with Gasteiger partial charge in [0.25, 0.3) is 0 Å². The molecule has 1 amide bonds. The monoisotopic (exact) mass is 427 g/mol. The van der Waals surface area contributed by atoms with Crippen LogP contribution in [0.2, 0.25) is 10.0 Å². The zero-order valence-electron chi connectivity index (χ0n) is 16.1. The van der Waals surface area contributed by atoms with Crippen molar-refractivity contribution in [3.05, 3.63) is 99.5 Å². The summed E-state index contributed by atoms with van der Waals surface area (Å²) in [5.74, 6) is -0.415. The van der Waals surface area contributed by atoms with Crippen LogP contribution in [0.5, 0.6) is 5.75 Å². The number of nitrogens with one attached hydrogen (secondary N) is 1. The number of benzene rings is 3. The van der Waals surface area contributed by atoms with E-state index < -0.39 is 0 Å². The molecule has 0 saturated heterocycles. The molecular formula is C24H23Cl2NO2. The van der Waals surface area contributed by atoms with Gasteiger partial charge < -0.3 is 10.4 Å². The second-order valence-corrected chi connectivity index (χ2v) is 7.88. The summed E-state index contributed by atoms with van der Waals surface area (Å²) in [5, 5.41) is 13.3. The van der Waals surface area contributed by atoms with E-state index in [0.29, 0.717) is 5.56 Å². The summed E-state index contributed by atoms with van der Waals surface area (Å²) >= 11 is 12.6. The lowest BCUT2D eigenvalue weighted by molar-refractivity contribution is -0.121. The number of amides is 1. The molecule has 0 radical (unpaired) electrons. The standard InChI is InChI=1S/C24H23Cl2NO2/c1-16(14-17-8-4-2-5-9-17)27-22(29)15-20(18-10-6-3-7-11-18)19-12-13-21(28)24(26)23(19)25/h2-13,16,20,28H,14-15H2,1H3,(H,27,29). The molecule has 3 rings (SSSR count). The Labute approximate surface area is 181 Å². The van der Waals surface area contributed by atoms with Crippen LogP contribution in [-0.4, -0.2) is 17.1 Å². The smallest absolute Gasteiger partial charge is 0.221 e. The van der Waals surface area contributed by atoms with Crippen molar-refractivity contribution >= 4 is 29.1 Å². The number of rotatable bonds is 7. The van der Waals surface area contributed by atoms with E-state index >= 15 is 0 Å². The first-order valence-electron chi connectivity index (χ1n) is 9.50. The molecule has 2 atom stereocenters. The van der Waals surface area contributed by atoms with E-state index in [-0.39, 0.29) is 40.1 Å². The van der Waals surface area contributed by atoms with Crippen LogP contribution < -0.4 is 5.32 Å². The van der Waals surface area contributed by atoms with Crippen LogP contribution in [0.1, 0.15) is 36.0 Å². The van der Waals surface area contributed by atoms with E-state index in [2.05, 4.69) is 5.32 Å². The third kappa shape index (κ3) is 5.53. The van der Waals surface area contributed by atoms with Gasteiger partial charge in [-0.05, 0) is 36.1 Å². The highest BCUT2D eigenvalue weighted by Gasteiger charge is 2.23. The number of phenols is 1. The topological polar surface area (TPSA) is 49.3 Å². The normalized spacial score (nSPS) is 12.9. The van der Waals surface area contributed by atoms with E-state index in [9.17, 15) is 9.90 Å². The molecule has 3 aromatic rings. The van der Waals surface area contributed by atoms with Crippen LogP contribution >= 0.6 is 23.2 Å². The Morgan fingerprint density at radius 2 is 1.55 bits per heavy atom. The predicted molar refractivity (Wildman–Crippen MR) is 119 cm³/mol. The Hall–Kier alpha value is -2.49. The molecule has 2 unspecified atom stereocenters. The molecule has 0 aliphatic heterocycles. The Bertz CT molecular complexity index is 961. The van der Waals surface area contributed by atoms with Gasteiger partial charge in [0, 0.05) is 18.4 Å². The van der Waals surface area contributed by atoms with Gasteiger partial charge >= 0.3 is 0 Å². The Balaban J connectivity index is 1.79. The zero-order valence-corrected chi connectivity index (χ0v) is 17.6. The minimum Gasteiger partial charge on any atom is -0.506 e. The first-order chi connectivity index (χ1) is 14.0. The van der Waals surface area contributed by atoms with Crippen LogP contribution in [0.4, 0.5) is 0 Å². The van der Waals surface area contributed by atoms with Crippen molar-refractivity contribution in [2.45, 2.75) is 31.7 Å². The van der Waals surface area contributed by atoms with Gasteiger partial charge in [-0.2, -0.15) is 0 Å². The summed E-state index contributed by atoms with van der Waals surface area (Å²) < 4.78 is 0. The SMILES string of the molecule is CC(Cc1ccccc1)NC(=O)CC(c1ccccc1)c1ccc(O)c(Cl)c1Cl. The van der Waals surface area contributed by atoms with Gasteiger partial charge in [0.05, 0.1) is 5.02 Å². The molecule has 0 aliphatic carbocycles. The molecule has 0 aromatic heterocycles. The third-order valence-corrected chi connectivity index (χ3v) is 5.74. The maximum absolute atomic E-state index is 12.8. The van der Waals surface area contributed by atoms with Crippen LogP contribution in [0.25, 0.3) is 0 Å². The van der Waals surface area contributed by atoms with Gasteiger partial charge in [-0.3, -0.25) is 4.79 Å². The molecule has 0 saturated carbocycles. The van der Waals surface area contributed by atoms with E-state index in [1.165, 1.54) is 11.6 Å². The number of hydrogen-bond acceptors (Lipinski definition) is 2. The fourth-order valence-corrected chi connectivity index (χ4v) is 3.92. The highest BCUT2D eigenvalue weighted by atomic mass is 35.5. The van der Waals surface area contributed by atoms with Crippen molar-refractivity contribution < 1.29 is 9.90 Å². The summed E-state index contributed by atoms with van der Waals surface area (Å²) in [6, 6.07) is 23.0. The maximum Gasteiger partial charge on any atom is 0.221 e. The van der Waals surface area contributed by atoms with Crippen molar-refractivity contribution in [2.75, 3.05) is 0 Å². The van der Waals surface area contributed by atoms with Gasteiger partial charge in [-0.1, -0.05) is 89.9 Å². The Kier molecular flexibility index (Phi) is 7.18. The Morgan fingerprint density at radius 3 is 2.21 bits per heavy atom. The minimum atomic E-state index is -0.272. The number of aromatic hydroxyl groups is 1. The van der Waals surface area contributed by atoms with E-state index in [0.717, 1.165) is 12.0 Å². The number of phenolic OH excluding ortho intramolecular Hbond substituents is 1. The van der Waals surface area contributed by atoms with Gasteiger partial charge in [-0.15, -0.1) is 0 Å².